The van der Waals surface area contributed by atoms with Gasteiger partial charge in [0.15, 0.2) is 0 Å². The van der Waals surface area contributed by atoms with E-state index in [-0.39, 0.29) is 35.0 Å². The lowest BCUT2D eigenvalue weighted by molar-refractivity contribution is -0.136. The van der Waals surface area contributed by atoms with Crippen LogP contribution in [-0.2, 0) is 30.5 Å². The Balaban J connectivity index is 1.68. The van der Waals surface area contributed by atoms with Gasteiger partial charge in [-0.2, -0.15) is 0 Å². The Bertz CT molecular complexity index is 1210. The summed E-state index contributed by atoms with van der Waals surface area (Å²) in [5, 5.41) is 5.45. The van der Waals surface area contributed by atoms with Gasteiger partial charge in [-0.1, -0.05) is 23.2 Å². The largest absolute Gasteiger partial charge is 0.465 e. The van der Waals surface area contributed by atoms with Crippen LogP contribution >= 0.6 is 23.2 Å². The Kier molecular flexibility index (Phi) is 7.80. The number of allylic oxidation sites excluding steroid dienone is 1. The van der Waals surface area contributed by atoms with Crippen molar-refractivity contribution in [3.8, 4) is 0 Å². The standard InChI is InChI=1S/C23H21Cl2N3O6/c1-4-28-12(2)19(23(32)33-3)18(22(28)31)10-16-5-6-17(34-16)11-26-20(29)21(30)27-15-8-13(24)7-14(25)9-15/h5-10H,4,11H2,1-3H3,(H,26,29)(H,27,30)/b18-10+. The minimum atomic E-state index is -0.910. The van der Waals surface area contributed by atoms with Crippen molar-refractivity contribution in [3.05, 3.63) is 68.7 Å². The molecule has 178 valence electrons. The van der Waals surface area contributed by atoms with Crippen LogP contribution in [0.1, 0.15) is 25.4 Å². The first-order valence-electron chi connectivity index (χ1n) is 10.1. The Morgan fingerprint density at radius 2 is 1.79 bits per heavy atom. The molecule has 0 saturated heterocycles. The van der Waals surface area contributed by atoms with Gasteiger partial charge in [0.1, 0.15) is 11.5 Å². The smallest absolute Gasteiger partial charge is 0.340 e. The predicted molar refractivity (Wildman–Crippen MR) is 126 cm³/mol. The van der Waals surface area contributed by atoms with Crippen LogP contribution in [0.5, 0.6) is 0 Å². The molecule has 0 fully saturated rings. The van der Waals surface area contributed by atoms with Crippen LogP contribution in [0, 0.1) is 0 Å². The molecule has 0 unspecified atom stereocenters. The quantitative estimate of drug-likeness (QED) is 0.352. The number of benzene rings is 1. The highest BCUT2D eigenvalue weighted by molar-refractivity contribution is 6.40. The van der Waals surface area contributed by atoms with E-state index in [1.54, 1.807) is 26.0 Å². The van der Waals surface area contributed by atoms with Crippen molar-refractivity contribution in [2.75, 3.05) is 19.0 Å². The molecular weight excluding hydrogens is 485 g/mol. The molecule has 2 N–H and O–H groups in total. The van der Waals surface area contributed by atoms with E-state index < -0.39 is 17.8 Å². The van der Waals surface area contributed by atoms with E-state index in [0.29, 0.717) is 28.0 Å². The number of ether oxygens (including phenoxy) is 1. The summed E-state index contributed by atoms with van der Waals surface area (Å²) >= 11 is 11.8. The number of hydrogen-bond donors (Lipinski definition) is 2. The Hall–Kier alpha value is -3.56. The van der Waals surface area contributed by atoms with E-state index in [2.05, 4.69) is 10.6 Å². The first kappa shape index (κ1) is 25.1. The second-order valence-electron chi connectivity index (χ2n) is 7.16. The molecule has 0 aliphatic carbocycles. The second kappa shape index (κ2) is 10.6. The van der Waals surface area contributed by atoms with Gasteiger partial charge in [-0.05, 0) is 50.3 Å². The van der Waals surface area contributed by atoms with E-state index in [4.69, 9.17) is 32.4 Å². The first-order valence-corrected chi connectivity index (χ1v) is 10.9. The number of amides is 3. The Labute approximate surface area is 205 Å². The SMILES string of the molecule is CCN1C(=O)/C(=C/c2ccc(CNC(=O)C(=O)Nc3cc(Cl)cc(Cl)c3)o2)C(C(=O)OC)=C1C. The molecule has 0 saturated carbocycles. The normalized spacial score (nSPS) is 14.6. The molecule has 11 heteroatoms. The fraction of sp³-hybridized carbons (Fsp3) is 0.217. The predicted octanol–water partition coefficient (Wildman–Crippen LogP) is 3.53. The zero-order valence-corrected chi connectivity index (χ0v) is 20.0. The van der Waals surface area contributed by atoms with Gasteiger partial charge in [-0.25, -0.2) is 4.79 Å². The van der Waals surface area contributed by atoms with Crippen LogP contribution < -0.4 is 10.6 Å². The topological polar surface area (TPSA) is 118 Å². The number of nitrogens with one attached hydrogen (secondary N) is 2. The van der Waals surface area contributed by atoms with E-state index in [0.717, 1.165) is 0 Å². The zero-order valence-electron chi connectivity index (χ0n) is 18.5. The molecular formula is C23H21Cl2N3O6. The average Bonchev–Trinajstić information content (AvgIpc) is 3.32. The molecule has 2 heterocycles. The average molecular weight is 506 g/mol. The third kappa shape index (κ3) is 5.49. The van der Waals surface area contributed by atoms with Crippen molar-refractivity contribution >= 4 is 58.7 Å². The van der Waals surface area contributed by atoms with Gasteiger partial charge in [0.05, 0.1) is 24.8 Å². The number of rotatable bonds is 6. The molecule has 0 radical (unpaired) electrons. The molecule has 2 aromatic rings. The Morgan fingerprint density at radius 3 is 2.41 bits per heavy atom. The van der Waals surface area contributed by atoms with Crippen LogP contribution in [-0.4, -0.2) is 42.2 Å². The summed E-state index contributed by atoms with van der Waals surface area (Å²) in [5.74, 6) is -2.16. The molecule has 1 aliphatic heterocycles. The molecule has 3 amide bonds. The highest BCUT2D eigenvalue weighted by Gasteiger charge is 2.36. The van der Waals surface area contributed by atoms with Crippen LogP contribution in [0.2, 0.25) is 10.0 Å². The molecule has 0 spiro atoms. The second-order valence-corrected chi connectivity index (χ2v) is 8.03. The molecule has 0 bridgehead atoms. The Morgan fingerprint density at radius 1 is 1.12 bits per heavy atom. The van der Waals surface area contributed by atoms with Crippen molar-refractivity contribution in [1.82, 2.24) is 10.2 Å². The van der Waals surface area contributed by atoms with E-state index >= 15 is 0 Å². The van der Waals surface area contributed by atoms with Crippen LogP contribution in [0.4, 0.5) is 5.69 Å². The number of esters is 1. The molecule has 34 heavy (non-hydrogen) atoms. The summed E-state index contributed by atoms with van der Waals surface area (Å²) in [6.45, 7) is 3.77. The van der Waals surface area contributed by atoms with Crippen LogP contribution in [0.15, 0.2) is 51.6 Å². The highest BCUT2D eigenvalue weighted by Crippen LogP contribution is 2.31. The van der Waals surface area contributed by atoms with Gasteiger partial charge in [-0.15, -0.1) is 0 Å². The number of nitrogens with zero attached hydrogens (tertiary/aromatic N) is 1. The van der Waals surface area contributed by atoms with E-state index in [1.165, 1.54) is 36.3 Å². The van der Waals surface area contributed by atoms with Crippen LogP contribution in [0.25, 0.3) is 6.08 Å². The number of hydrogen-bond acceptors (Lipinski definition) is 6. The minimum Gasteiger partial charge on any atom is -0.465 e. The zero-order chi connectivity index (χ0) is 25.0. The monoisotopic (exact) mass is 505 g/mol. The molecule has 1 aromatic heterocycles. The number of furan rings is 1. The van der Waals surface area contributed by atoms with Gasteiger partial charge in [0.2, 0.25) is 0 Å². The van der Waals surface area contributed by atoms with Gasteiger partial charge in [-0.3, -0.25) is 14.4 Å². The van der Waals surface area contributed by atoms with E-state index in [1.807, 2.05) is 0 Å². The van der Waals surface area contributed by atoms with Crippen molar-refractivity contribution in [1.29, 1.82) is 0 Å². The van der Waals surface area contributed by atoms with Crippen molar-refractivity contribution < 1.29 is 28.3 Å². The summed E-state index contributed by atoms with van der Waals surface area (Å²) in [4.78, 5) is 50.6. The number of likely N-dealkylation sites (N-methyl/N-ethyl adjacent to an activating group) is 1. The van der Waals surface area contributed by atoms with Crippen molar-refractivity contribution in [3.63, 3.8) is 0 Å². The number of anilines is 1. The summed E-state index contributed by atoms with van der Waals surface area (Å²) in [7, 11) is 1.24. The van der Waals surface area contributed by atoms with Gasteiger partial charge in [0.25, 0.3) is 5.91 Å². The number of carbonyl (C=O) groups excluding carboxylic acids is 4. The summed E-state index contributed by atoms with van der Waals surface area (Å²) in [6, 6.07) is 7.55. The minimum absolute atomic E-state index is 0.0838. The summed E-state index contributed by atoms with van der Waals surface area (Å²) < 4.78 is 10.5. The first-order chi connectivity index (χ1) is 16.1. The number of carbonyl (C=O) groups is 4. The lowest BCUT2D eigenvalue weighted by atomic mass is 10.1. The molecule has 0 atom stereocenters. The summed E-state index contributed by atoms with van der Waals surface area (Å²) in [6.07, 6.45) is 1.44. The van der Waals surface area contributed by atoms with Gasteiger partial charge >= 0.3 is 17.8 Å². The lowest BCUT2D eigenvalue weighted by Gasteiger charge is -2.14. The highest BCUT2D eigenvalue weighted by atomic mass is 35.5. The number of halogens is 2. The third-order valence-corrected chi connectivity index (χ3v) is 5.37. The number of methoxy groups -OCH3 is 1. The molecule has 9 nitrogen and oxygen atoms in total. The third-order valence-electron chi connectivity index (χ3n) is 4.94. The van der Waals surface area contributed by atoms with Crippen molar-refractivity contribution in [2.45, 2.75) is 20.4 Å². The molecule has 1 aromatic carbocycles. The summed E-state index contributed by atoms with van der Waals surface area (Å²) in [5.41, 5.74) is 1.09. The van der Waals surface area contributed by atoms with Crippen LogP contribution in [0.3, 0.4) is 0 Å². The lowest BCUT2D eigenvalue weighted by Crippen LogP contribution is -2.34. The van der Waals surface area contributed by atoms with Gasteiger partial charge < -0.3 is 24.7 Å². The van der Waals surface area contributed by atoms with E-state index in [9.17, 15) is 19.2 Å². The van der Waals surface area contributed by atoms with Crippen molar-refractivity contribution in [2.24, 2.45) is 0 Å². The maximum absolute atomic E-state index is 12.7. The molecule has 1 aliphatic rings. The molecule has 3 rings (SSSR count). The fourth-order valence-electron chi connectivity index (χ4n) is 3.38. The maximum Gasteiger partial charge on any atom is 0.340 e. The van der Waals surface area contributed by atoms with Gasteiger partial charge in [0, 0.05) is 28.0 Å². The maximum atomic E-state index is 12.7. The fourth-order valence-corrected chi connectivity index (χ4v) is 3.91.